The number of rotatable bonds is 5. The van der Waals surface area contributed by atoms with Crippen molar-refractivity contribution in [1.82, 2.24) is 0 Å². The van der Waals surface area contributed by atoms with E-state index in [1.54, 1.807) is 0 Å². The van der Waals surface area contributed by atoms with Crippen LogP contribution in [0.25, 0.3) is 0 Å². The van der Waals surface area contributed by atoms with Crippen molar-refractivity contribution >= 4 is 15.5 Å². The summed E-state index contributed by atoms with van der Waals surface area (Å²) in [6, 6.07) is 5.61. The maximum atomic E-state index is 10.8. The van der Waals surface area contributed by atoms with Crippen LogP contribution in [0.1, 0.15) is 0 Å². The number of ether oxygens (including phenoxy) is 1. The molecular weight excluding hydrogens is 234 g/mol. The van der Waals surface area contributed by atoms with Crippen LogP contribution in [-0.4, -0.2) is 32.0 Å². The molecule has 1 aromatic rings. The summed E-state index contributed by atoms with van der Waals surface area (Å²) in [6.45, 7) is -0.0139. The number of benzene rings is 1. The van der Waals surface area contributed by atoms with E-state index in [-0.39, 0.29) is 23.8 Å². The van der Waals surface area contributed by atoms with Crippen molar-refractivity contribution in [2.24, 2.45) is 0 Å². The van der Waals surface area contributed by atoms with Crippen molar-refractivity contribution in [3.8, 4) is 5.75 Å². The van der Waals surface area contributed by atoms with Gasteiger partial charge in [0.05, 0.1) is 16.7 Å². The minimum absolute atomic E-state index is 0.0139. The van der Waals surface area contributed by atoms with Gasteiger partial charge >= 0.3 is 0 Å². The summed E-state index contributed by atoms with van der Waals surface area (Å²) in [5.41, 5.74) is -0.0862. The molecule has 6 nitrogen and oxygen atoms in total. The Morgan fingerprint density at radius 1 is 1.44 bits per heavy atom. The van der Waals surface area contributed by atoms with Gasteiger partial charge < -0.3 is 4.74 Å². The van der Waals surface area contributed by atoms with Gasteiger partial charge in [0.25, 0.3) is 5.69 Å². The molecule has 0 amide bonds. The molecule has 7 heteroatoms. The first-order valence-electron chi connectivity index (χ1n) is 4.43. The van der Waals surface area contributed by atoms with Crippen LogP contribution in [0, 0.1) is 10.1 Å². The van der Waals surface area contributed by atoms with Gasteiger partial charge in [0, 0.05) is 12.3 Å². The molecule has 0 heterocycles. The normalized spacial score (nSPS) is 11.1. The van der Waals surface area contributed by atoms with Crippen LogP contribution in [0.3, 0.4) is 0 Å². The molecule has 1 rings (SSSR count). The van der Waals surface area contributed by atoms with Crippen LogP contribution in [0.2, 0.25) is 0 Å². The van der Waals surface area contributed by atoms with Gasteiger partial charge in [-0.2, -0.15) is 0 Å². The molecule has 0 atom stereocenters. The van der Waals surface area contributed by atoms with E-state index >= 15 is 0 Å². The van der Waals surface area contributed by atoms with E-state index in [2.05, 4.69) is 0 Å². The summed E-state index contributed by atoms with van der Waals surface area (Å²) in [5, 5.41) is 10.4. The van der Waals surface area contributed by atoms with E-state index in [1.807, 2.05) is 0 Å². The van der Waals surface area contributed by atoms with Crippen LogP contribution >= 0.6 is 0 Å². The maximum Gasteiger partial charge on any atom is 0.273 e. The monoisotopic (exact) mass is 245 g/mol. The fourth-order valence-corrected chi connectivity index (χ4v) is 1.38. The van der Waals surface area contributed by atoms with Gasteiger partial charge in [-0.05, 0) is 6.07 Å². The van der Waals surface area contributed by atoms with Crippen molar-refractivity contribution in [2.45, 2.75) is 0 Å². The van der Waals surface area contributed by atoms with Gasteiger partial charge in [-0.15, -0.1) is 0 Å². The van der Waals surface area contributed by atoms with Gasteiger partial charge in [-0.25, -0.2) is 8.42 Å². The second-order valence-electron chi connectivity index (χ2n) is 3.23. The van der Waals surface area contributed by atoms with E-state index in [9.17, 15) is 18.5 Å². The summed E-state index contributed by atoms with van der Waals surface area (Å²) in [6.07, 6.45) is 1.10. The highest BCUT2D eigenvalue weighted by molar-refractivity contribution is 7.90. The molecule has 0 fully saturated rings. The Hall–Kier alpha value is -1.63. The lowest BCUT2D eigenvalue weighted by Crippen LogP contribution is -2.12. The minimum Gasteiger partial charge on any atom is -0.492 e. The predicted molar refractivity (Wildman–Crippen MR) is 58.3 cm³/mol. The Balaban J connectivity index is 2.61. The smallest absolute Gasteiger partial charge is 0.273 e. The molecule has 0 aliphatic rings. The SMILES string of the molecule is CS(=O)(=O)CCOc1cccc([N+](=O)[O-])c1. The average Bonchev–Trinajstić information content (AvgIpc) is 2.16. The molecule has 0 aliphatic carbocycles. The van der Waals surface area contributed by atoms with Crippen molar-refractivity contribution in [2.75, 3.05) is 18.6 Å². The number of nitro groups is 1. The first-order chi connectivity index (χ1) is 7.38. The fourth-order valence-electron chi connectivity index (χ4n) is 0.998. The summed E-state index contributed by atoms with van der Waals surface area (Å²) in [7, 11) is -3.08. The number of hydrogen-bond acceptors (Lipinski definition) is 5. The van der Waals surface area contributed by atoms with E-state index in [0.717, 1.165) is 6.26 Å². The Morgan fingerprint density at radius 3 is 2.69 bits per heavy atom. The number of non-ortho nitro benzene ring substituents is 1. The highest BCUT2D eigenvalue weighted by atomic mass is 32.2. The van der Waals surface area contributed by atoms with Gasteiger partial charge in [-0.3, -0.25) is 10.1 Å². The van der Waals surface area contributed by atoms with Crippen LogP contribution in [0.5, 0.6) is 5.75 Å². The molecule has 16 heavy (non-hydrogen) atoms. The lowest BCUT2D eigenvalue weighted by atomic mass is 10.3. The number of nitrogens with zero attached hydrogens (tertiary/aromatic N) is 1. The highest BCUT2D eigenvalue weighted by Gasteiger charge is 2.07. The van der Waals surface area contributed by atoms with E-state index < -0.39 is 14.8 Å². The quantitative estimate of drug-likeness (QED) is 0.571. The van der Waals surface area contributed by atoms with Gasteiger partial charge in [0.2, 0.25) is 0 Å². The molecule has 0 saturated heterocycles. The zero-order valence-corrected chi connectivity index (χ0v) is 9.44. The van der Waals surface area contributed by atoms with Gasteiger partial charge in [0.15, 0.2) is 9.84 Å². The van der Waals surface area contributed by atoms with Crippen molar-refractivity contribution in [3.05, 3.63) is 34.4 Å². The molecule has 88 valence electrons. The molecule has 0 radical (unpaired) electrons. The van der Waals surface area contributed by atoms with Crippen molar-refractivity contribution in [1.29, 1.82) is 0 Å². The van der Waals surface area contributed by atoms with Gasteiger partial charge in [0.1, 0.15) is 12.4 Å². The third-order valence-corrected chi connectivity index (χ3v) is 2.66. The zero-order valence-electron chi connectivity index (χ0n) is 8.62. The number of nitro benzene ring substituents is 1. The number of sulfone groups is 1. The largest absolute Gasteiger partial charge is 0.492 e. The Morgan fingerprint density at radius 2 is 2.12 bits per heavy atom. The average molecular weight is 245 g/mol. The topological polar surface area (TPSA) is 86.5 Å². The Kier molecular flexibility index (Phi) is 3.83. The molecule has 0 unspecified atom stereocenters. The molecular formula is C9H11NO5S. The Labute approximate surface area is 92.9 Å². The van der Waals surface area contributed by atoms with Crippen molar-refractivity contribution in [3.63, 3.8) is 0 Å². The van der Waals surface area contributed by atoms with Gasteiger partial charge in [-0.1, -0.05) is 6.07 Å². The second kappa shape index (κ2) is 4.93. The minimum atomic E-state index is -3.08. The van der Waals surface area contributed by atoms with E-state index in [1.165, 1.54) is 24.3 Å². The molecule has 1 aromatic carbocycles. The first-order valence-corrected chi connectivity index (χ1v) is 6.49. The molecule has 0 N–H and O–H groups in total. The molecule has 0 aliphatic heterocycles. The molecule has 0 saturated carbocycles. The fraction of sp³-hybridized carbons (Fsp3) is 0.333. The standard InChI is InChI=1S/C9H11NO5S/c1-16(13,14)6-5-15-9-4-2-3-8(7-9)10(11)12/h2-4,7H,5-6H2,1H3. The van der Waals surface area contributed by atoms with Crippen molar-refractivity contribution < 1.29 is 18.1 Å². The predicted octanol–water partition coefficient (Wildman–Crippen LogP) is 1.02. The van der Waals surface area contributed by atoms with E-state index in [0.29, 0.717) is 0 Å². The molecule has 0 spiro atoms. The molecule has 0 aromatic heterocycles. The maximum absolute atomic E-state index is 10.8. The summed E-state index contributed by atoms with van der Waals surface area (Å²) >= 11 is 0. The summed E-state index contributed by atoms with van der Waals surface area (Å²) in [4.78, 5) is 9.90. The van der Waals surface area contributed by atoms with E-state index in [4.69, 9.17) is 4.74 Å². The molecule has 0 bridgehead atoms. The van der Waals surface area contributed by atoms with Crippen LogP contribution in [-0.2, 0) is 9.84 Å². The third-order valence-electron chi connectivity index (χ3n) is 1.75. The lowest BCUT2D eigenvalue weighted by molar-refractivity contribution is -0.384. The first kappa shape index (κ1) is 12.4. The van der Waals surface area contributed by atoms with Crippen LogP contribution in [0.15, 0.2) is 24.3 Å². The number of hydrogen-bond donors (Lipinski definition) is 0. The van der Waals surface area contributed by atoms with Crippen LogP contribution < -0.4 is 4.74 Å². The van der Waals surface area contributed by atoms with Crippen LogP contribution in [0.4, 0.5) is 5.69 Å². The third kappa shape index (κ3) is 4.26. The summed E-state index contributed by atoms with van der Waals surface area (Å²) < 4.78 is 26.7. The highest BCUT2D eigenvalue weighted by Crippen LogP contribution is 2.18. The Bertz CT molecular complexity index is 482. The second-order valence-corrected chi connectivity index (χ2v) is 5.49. The summed E-state index contributed by atoms with van der Waals surface area (Å²) in [5.74, 6) is 0.174. The zero-order chi connectivity index (χ0) is 12.2. The lowest BCUT2D eigenvalue weighted by Gasteiger charge is -2.04.